The van der Waals surface area contributed by atoms with Gasteiger partial charge in [0.15, 0.2) is 0 Å². The SMILES string of the molecule is O=C(Nc1ccc(Cl)c([N+](=O)[O-])c1)C(=O)Nc1ccccc1[N+](=O)[O-]. The lowest BCUT2D eigenvalue weighted by molar-refractivity contribution is -0.384. The number of nitro groups is 2. The number of halogens is 1. The summed E-state index contributed by atoms with van der Waals surface area (Å²) in [6, 6.07) is 8.72. The molecule has 0 spiro atoms. The van der Waals surface area contributed by atoms with Gasteiger partial charge in [0, 0.05) is 17.8 Å². The van der Waals surface area contributed by atoms with Crippen LogP contribution in [0.1, 0.15) is 0 Å². The van der Waals surface area contributed by atoms with Crippen molar-refractivity contribution in [1.29, 1.82) is 0 Å². The van der Waals surface area contributed by atoms with Crippen LogP contribution in [0, 0.1) is 20.2 Å². The predicted molar refractivity (Wildman–Crippen MR) is 88.5 cm³/mol. The Kier molecular flexibility index (Phi) is 5.25. The smallest absolute Gasteiger partial charge is 0.314 e. The van der Waals surface area contributed by atoms with E-state index in [1.165, 1.54) is 30.3 Å². The predicted octanol–water partition coefficient (Wildman–Crippen LogP) is 2.73. The Morgan fingerprint density at radius 3 is 2.12 bits per heavy atom. The van der Waals surface area contributed by atoms with Crippen LogP contribution in [0.4, 0.5) is 22.7 Å². The lowest BCUT2D eigenvalue weighted by atomic mass is 10.2. The topological polar surface area (TPSA) is 144 Å². The van der Waals surface area contributed by atoms with Gasteiger partial charge in [0.05, 0.1) is 9.85 Å². The summed E-state index contributed by atoms with van der Waals surface area (Å²) in [5.74, 6) is -2.33. The van der Waals surface area contributed by atoms with Crippen LogP contribution in [-0.2, 0) is 9.59 Å². The molecule has 2 N–H and O–H groups in total. The first-order valence-electron chi connectivity index (χ1n) is 6.59. The van der Waals surface area contributed by atoms with Crippen LogP contribution in [0.25, 0.3) is 0 Å². The fourth-order valence-corrected chi connectivity index (χ4v) is 2.02. The number of hydrogen-bond acceptors (Lipinski definition) is 6. The van der Waals surface area contributed by atoms with Crippen LogP contribution in [0.2, 0.25) is 5.02 Å². The molecule has 0 radical (unpaired) electrons. The summed E-state index contributed by atoms with van der Waals surface area (Å²) in [4.78, 5) is 44.0. The van der Waals surface area contributed by atoms with Gasteiger partial charge in [-0.2, -0.15) is 0 Å². The van der Waals surface area contributed by atoms with E-state index in [1.54, 1.807) is 0 Å². The van der Waals surface area contributed by atoms with E-state index in [4.69, 9.17) is 11.6 Å². The summed E-state index contributed by atoms with van der Waals surface area (Å²) in [7, 11) is 0. The van der Waals surface area contributed by atoms with Crippen LogP contribution in [-0.4, -0.2) is 21.7 Å². The Bertz CT molecular complexity index is 885. The van der Waals surface area contributed by atoms with Crippen molar-refractivity contribution in [3.63, 3.8) is 0 Å². The van der Waals surface area contributed by atoms with Crippen molar-refractivity contribution in [2.45, 2.75) is 0 Å². The number of nitrogens with one attached hydrogen (secondary N) is 2. The molecular formula is C14H9ClN4O6. The van der Waals surface area contributed by atoms with Gasteiger partial charge in [0.25, 0.3) is 11.4 Å². The molecule has 0 fully saturated rings. The number of carbonyl (C=O) groups excluding carboxylic acids is 2. The average molecular weight is 365 g/mol. The maximum Gasteiger partial charge on any atom is 0.314 e. The van der Waals surface area contributed by atoms with E-state index in [0.717, 1.165) is 12.1 Å². The molecule has 0 aliphatic rings. The molecule has 0 saturated heterocycles. The highest BCUT2D eigenvalue weighted by Crippen LogP contribution is 2.27. The fourth-order valence-electron chi connectivity index (χ4n) is 1.84. The third-order valence-corrected chi connectivity index (χ3v) is 3.28. The maximum absolute atomic E-state index is 11.9. The standard InChI is InChI=1S/C14H9ClN4O6/c15-9-6-5-8(7-12(9)19(24)25)16-13(20)14(21)17-10-3-1-2-4-11(10)18(22)23/h1-7H,(H,16,20)(H,17,21). The quantitative estimate of drug-likeness (QED) is 0.484. The molecule has 11 heteroatoms. The monoisotopic (exact) mass is 364 g/mol. The van der Waals surface area contributed by atoms with Crippen molar-refractivity contribution in [1.82, 2.24) is 0 Å². The van der Waals surface area contributed by atoms with Gasteiger partial charge < -0.3 is 10.6 Å². The van der Waals surface area contributed by atoms with E-state index in [9.17, 15) is 29.8 Å². The van der Waals surface area contributed by atoms with Crippen LogP contribution in [0.3, 0.4) is 0 Å². The van der Waals surface area contributed by atoms with Crippen LogP contribution >= 0.6 is 11.6 Å². The van der Waals surface area contributed by atoms with Gasteiger partial charge in [-0.3, -0.25) is 29.8 Å². The van der Waals surface area contributed by atoms with E-state index in [1.807, 2.05) is 0 Å². The zero-order chi connectivity index (χ0) is 18.6. The Morgan fingerprint density at radius 2 is 1.48 bits per heavy atom. The average Bonchev–Trinajstić information content (AvgIpc) is 2.56. The van der Waals surface area contributed by atoms with Gasteiger partial charge in [-0.15, -0.1) is 0 Å². The number of nitro benzene ring substituents is 2. The van der Waals surface area contributed by atoms with Crippen molar-refractivity contribution >= 4 is 46.2 Å². The third kappa shape index (κ3) is 4.26. The molecule has 0 bridgehead atoms. The second kappa shape index (κ2) is 7.36. The number of nitrogens with zero attached hydrogens (tertiary/aromatic N) is 2. The molecule has 10 nitrogen and oxygen atoms in total. The van der Waals surface area contributed by atoms with Crippen LogP contribution < -0.4 is 10.6 Å². The number of para-hydroxylation sites is 2. The zero-order valence-electron chi connectivity index (χ0n) is 12.3. The zero-order valence-corrected chi connectivity index (χ0v) is 13.0. The number of amides is 2. The number of rotatable bonds is 4. The molecule has 0 aromatic heterocycles. The molecule has 0 aliphatic carbocycles. The second-order valence-corrected chi connectivity index (χ2v) is 5.01. The van der Waals surface area contributed by atoms with Crippen LogP contribution in [0.15, 0.2) is 42.5 Å². The van der Waals surface area contributed by atoms with Gasteiger partial charge in [-0.05, 0) is 18.2 Å². The Labute approximate surface area is 144 Å². The lowest BCUT2D eigenvalue weighted by Gasteiger charge is -2.07. The first kappa shape index (κ1) is 17.8. The van der Waals surface area contributed by atoms with Gasteiger partial charge in [-0.25, -0.2) is 0 Å². The van der Waals surface area contributed by atoms with E-state index in [0.29, 0.717) is 0 Å². The highest BCUT2D eigenvalue weighted by molar-refractivity contribution is 6.44. The molecule has 0 atom stereocenters. The van der Waals surface area contributed by atoms with Gasteiger partial charge in [0.1, 0.15) is 10.7 Å². The minimum absolute atomic E-state index is 0.0289. The van der Waals surface area contributed by atoms with Crippen LogP contribution in [0.5, 0.6) is 0 Å². The summed E-state index contributed by atoms with van der Waals surface area (Å²) in [6.07, 6.45) is 0. The van der Waals surface area contributed by atoms with Crippen molar-refractivity contribution in [2.75, 3.05) is 10.6 Å². The lowest BCUT2D eigenvalue weighted by Crippen LogP contribution is -2.29. The molecule has 0 aliphatic heterocycles. The number of hydrogen-bond donors (Lipinski definition) is 2. The van der Waals surface area contributed by atoms with Gasteiger partial charge in [-0.1, -0.05) is 23.7 Å². The van der Waals surface area contributed by atoms with Crippen molar-refractivity contribution < 1.29 is 19.4 Å². The minimum atomic E-state index is -1.17. The third-order valence-electron chi connectivity index (χ3n) is 2.96. The van der Waals surface area contributed by atoms with Gasteiger partial charge in [0.2, 0.25) is 0 Å². The Balaban J connectivity index is 2.14. The Morgan fingerprint density at radius 1 is 0.880 bits per heavy atom. The number of anilines is 2. The molecule has 2 rings (SSSR count). The van der Waals surface area contributed by atoms with E-state index < -0.39 is 27.3 Å². The molecule has 2 amide bonds. The molecule has 25 heavy (non-hydrogen) atoms. The van der Waals surface area contributed by atoms with Crippen molar-refractivity contribution in [3.05, 3.63) is 67.7 Å². The minimum Gasteiger partial charge on any atom is -0.318 e. The van der Waals surface area contributed by atoms with Crippen molar-refractivity contribution in [2.24, 2.45) is 0 Å². The van der Waals surface area contributed by atoms with E-state index in [2.05, 4.69) is 10.6 Å². The molecule has 0 saturated carbocycles. The second-order valence-electron chi connectivity index (χ2n) is 4.61. The van der Waals surface area contributed by atoms with Gasteiger partial charge >= 0.3 is 11.8 Å². The molecular weight excluding hydrogens is 356 g/mol. The largest absolute Gasteiger partial charge is 0.318 e. The molecule has 2 aromatic carbocycles. The molecule has 2 aromatic rings. The molecule has 0 heterocycles. The fraction of sp³-hybridized carbons (Fsp3) is 0. The summed E-state index contributed by atoms with van der Waals surface area (Å²) >= 11 is 5.65. The number of benzene rings is 2. The highest BCUT2D eigenvalue weighted by atomic mass is 35.5. The first-order valence-corrected chi connectivity index (χ1v) is 6.97. The summed E-state index contributed by atoms with van der Waals surface area (Å²) in [5.41, 5.74) is -1.02. The maximum atomic E-state index is 11.9. The highest BCUT2D eigenvalue weighted by Gasteiger charge is 2.21. The summed E-state index contributed by atoms with van der Waals surface area (Å²) in [5, 5.41) is 25.8. The molecule has 0 unspecified atom stereocenters. The number of carbonyl (C=O) groups is 2. The van der Waals surface area contributed by atoms with Crippen molar-refractivity contribution in [3.8, 4) is 0 Å². The van der Waals surface area contributed by atoms with E-state index in [-0.39, 0.29) is 22.1 Å². The normalized spacial score (nSPS) is 9.96. The Hall–Kier alpha value is -3.53. The molecule has 128 valence electrons. The first-order chi connectivity index (χ1) is 11.8. The summed E-state index contributed by atoms with van der Waals surface area (Å²) in [6.45, 7) is 0. The van der Waals surface area contributed by atoms with E-state index >= 15 is 0 Å². The summed E-state index contributed by atoms with van der Waals surface area (Å²) < 4.78 is 0.